The maximum Gasteiger partial charge on any atom is 0.249 e. The summed E-state index contributed by atoms with van der Waals surface area (Å²) in [7, 11) is 1.59. The molecule has 0 saturated heterocycles. The summed E-state index contributed by atoms with van der Waals surface area (Å²) in [6.07, 6.45) is 0. The molecule has 2 amide bonds. The average molecular weight is 415 g/mol. The number of nitrogens with one attached hydrogen (secondary N) is 2. The zero-order valence-electron chi connectivity index (χ0n) is 17.1. The van der Waals surface area contributed by atoms with Crippen LogP contribution in [-0.4, -0.2) is 31.5 Å². The Hall–Kier alpha value is -4.00. The summed E-state index contributed by atoms with van der Waals surface area (Å²) in [6, 6.07) is 18.2. The minimum atomic E-state index is -0.602. The number of hydrogen-bond acceptors (Lipinski definition) is 5. The van der Waals surface area contributed by atoms with Crippen LogP contribution in [0.1, 0.15) is 6.92 Å². The third kappa shape index (κ3) is 3.24. The second-order valence-electron chi connectivity index (χ2n) is 7.50. The predicted molar refractivity (Wildman–Crippen MR) is 121 cm³/mol. The van der Waals surface area contributed by atoms with Crippen LogP contribution in [0.4, 0.5) is 17.1 Å². The molecule has 7 heteroatoms. The number of para-hydroxylation sites is 3. The van der Waals surface area contributed by atoms with Gasteiger partial charge in [0.25, 0.3) is 0 Å². The van der Waals surface area contributed by atoms with Gasteiger partial charge in [-0.25, -0.2) is 0 Å². The Morgan fingerprint density at radius 1 is 1.10 bits per heavy atom. The van der Waals surface area contributed by atoms with Crippen LogP contribution in [0.25, 0.3) is 21.9 Å². The maximum atomic E-state index is 13.2. The molecule has 1 aliphatic rings. The molecule has 0 saturated carbocycles. The van der Waals surface area contributed by atoms with E-state index < -0.39 is 6.04 Å². The molecule has 0 aliphatic carbocycles. The van der Waals surface area contributed by atoms with Crippen LogP contribution in [0.15, 0.2) is 65.1 Å². The number of carbonyl (C=O) groups excluding carboxylic acids is 2. The molecule has 1 aromatic heterocycles. The first-order valence-electron chi connectivity index (χ1n) is 10.0. The molecule has 7 nitrogen and oxygen atoms in total. The molecule has 2 heterocycles. The van der Waals surface area contributed by atoms with Crippen molar-refractivity contribution in [3.05, 3.63) is 60.7 Å². The second kappa shape index (κ2) is 7.36. The highest BCUT2D eigenvalue weighted by molar-refractivity contribution is 6.12. The van der Waals surface area contributed by atoms with Gasteiger partial charge in [0.2, 0.25) is 11.8 Å². The molecule has 0 spiro atoms. The SMILES string of the molecule is COc1cc2c(cc1N[C@@H](C)C(=O)N1CC(=O)Nc3ccccc31)oc1ccccc12. The lowest BCUT2D eigenvalue weighted by Crippen LogP contribution is -2.47. The number of fused-ring (bicyclic) bond motifs is 4. The van der Waals surface area contributed by atoms with Crippen molar-refractivity contribution in [1.29, 1.82) is 0 Å². The van der Waals surface area contributed by atoms with E-state index >= 15 is 0 Å². The maximum absolute atomic E-state index is 13.2. The molecule has 1 aliphatic heterocycles. The number of hydrogen-bond donors (Lipinski definition) is 2. The van der Waals surface area contributed by atoms with E-state index in [4.69, 9.17) is 9.15 Å². The molecule has 31 heavy (non-hydrogen) atoms. The molecule has 3 aromatic carbocycles. The molecule has 0 bridgehead atoms. The van der Waals surface area contributed by atoms with Crippen LogP contribution in [0.5, 0.6) is 5.75 Å². The summed E-state index contributed by atoms with van der Waals surface area (Å²) in [5.41, 5.74) is 3.44. The van der Waals surface area contributed by atoms with Crippen molar-refractivity contribution in [2.75, 3.05) is 29.2 Å². The molecule has 0 radical (unpaired) electrons. The van der Waals surface area contributed by atoms with Gasteiger partial charge >= 0.3 is 0 Å². The van der Waals surface area contributed by atoms with E-state index in [0.717, 1.165) is 16.4 Å². The third-order valence-electron chi connectivity index (χ3n) is 5.48. The molecular weight excluding hydrogens is 394 g/mol. The average Bonchev–Trinajstić information content (AvgIpc) is 3.14. The van der Waals surface area contributed by atoms with Gasteiger partial charge in [0, 0.05) is 16.8 Å². The number of furan rings is 1. The zero-order chi connectivity index (χ0) is 21.5. The fraction of sp³-hybridized carbons (Fsp3) is 0.167. The van der Waals surface area contributed by atoms with Crippen molar-refractivity contribution < 1.29 is 18.7 Å². The van der Waals surface area contributed by atoms with Crippen molar-refractivity contribution in [3.63, 3.8) is 0 Å². The molecule has 1 atom stereocenters. The van der Waals surface area contributed by atoms with Gasteiger partial charge in [0.1, 0.15) is 29.5 Å². The van der Waals surface area contributed by atoms with Crippen molar-refractivity contribution >= 4 is 50.8 Å². The van der Waals surface area contributed by atoms with Crippen LogP contribution < -0.4 is 20.3 Å². The number of methoxy groups -OCH3 is 1. The monoisotopic (exact) mass is 415 g/mol. The first-order chi connectivity index (χ1) is 15.0. The number of ether oxygens (including phenoxy) is 1. The van der Waals surface area contributed by atoms with E-state index in [9.17, 15) is 9.59 Å². The molecule has 5 rings (SSSR count). The summed E-state index contributed by atoms with van der Waals surface area (Å²) in [6.45, 7) is 1.74. The van der Waals surface area contributed by atoms with Gasteiger partial charge in [-0.05, 0) is 31.2 Å². The minimum absolute atomic E-state index is 0.0262. The third-order valence-corrected chi connectivity index (χ3v) is 5.48. The lowest BCUT2D eigenvalue weighted by molar-refractivity contribution is -0.122. The van der Waals surface area contributed by atoms with Crippen LogP contribution >= 0.6 is 0 Å². The Morgan fingerprint density at radius 3 is 2.71 bits per heavy atom. The fourth-order valence-electron chi connectivity index (χ4n) is 3.99. The predicted octanol–water partition coefficient (Wildman–Crippen LogP) is 4.38. The normalized spacial score (nSPS) is 14.3. The Labute approximate surface area is 178 Å². The Bertz CT molecular complexity index is 1330. The molecule has 156 valence electrons. The number of benzene rings is 3. The first kappa shape index (κ1) is 19.0. The molecule has 0 fully saturated rings. The second-order valence-corrected chi connectivity index (χ2v) is 7.50. The first-order valence-corrected chi connectivity index (χ1v) is 10.0. The molecule has 4 aromatic rings. The Kier molecular flexibility index (Phi) is 4.51. The van der Waals surface area contributed by atoms with Gasteiger partial charge in [0.05, 0.1) is 24.2 Å². The smallest absolute Gasteiger partial charge is 0.249 e. The van der Waals surface area contributed by atoms with Gasteiger partial charge in [0.15, 0.2) is 0 Å². The van der Waals surface area contributed by atoms with Crippen molar-refractivity contribution in [1.82, 2.24) is 0 Å². The lowest BCUT2D eigenvalue weighted by Gasteiger charge is -2.31. The van der Waals surface area contributed by atoms with Gasteiger partial charge in [-0.15, -0.1) is 0 Å². The lowest BCUT2D eigenvalue weighted by atomic mass is 10.1. The number of nitrogens with zero attached hydrogens (tertiary/aromatic N) is 1. The van der Waals surface area contributed by atoms with Crippen LogP contribution in [0, 0.1) is 0 Å². The number of rotatable bonds is 4. The van der Waals surface area contributed by atoms with E-state index in [0.29, 0.717) is 28.4 Å². The Balaban J connectivity index is 1.47. The highest BCUT2D eigenvalue weighted by Crippen LogP contribution is 2.37. The molecular formula is C24H21N3O4. The topological polar surface area (TPSA) is 83.8 Å². The highest BCUT2D eigenvalue weighted by atomic mass is 16.5. The van der Waals surface area contributed by atoms with E-state index in [1.807, 2.05) is 54.6 Å². The summed E-state index contributed by atoms with van der Waals surface area (Å²) < 4.78 is 11.5. The summed E-state index contributed by atoms with van der Waals surface area (Å²) in [4.78, 5) is 26.8. The van der Waals surface area contributed by atoms with Crippen molar-refractivity contribution in [2.45, 2.75) is 13.0 Å². The van der Waals surface area contributed by atoms with E-state index in [1.54, 1.807) is 20.1 Å². The molecule has 2 N–H and O–H groups in total. The van der Waals surface area contributed by atoms with Crippen LogP contribution in [-0.2, 0) is 9.59 Å². The van der Waals surface area contributed by atoms with E-state index in [-0.39, 0.29) is 18.4 Å². The van der Waals surface area contributed by atoms with Gasteiger partial charge in [-0.1, -0.05) is 30.3 Å². The summed E-state index contributed by atoms with van der Waals surface area (Å²) in [5.74, 6) is 0.171. The van der Waals surface area contributed by atoms with Crippen LogP contribution in [0.2, 0.25) is 0 Å². The van der Waals surface area contributed by atoms with E-state index in [1.165, 1.54) is 4.90 Å². The van der Waals surface area contributed by atoms with Gasteiger partial charge in [-0.2, -0.15) is 0 Å². The molecule has 0 unspecified atom stereocenters. The fourth-order valence-corrected chi connectivity index (χ4v) is 3.99. The number of anilines is 3. The van der Waals surface area contributed by atoms with Gasteiger partial charge < -0.3 is 19.8 Å². The van der Waals surface area contributed by atoms with Crippen LogP contribution in [0.3, 0.4) is 0 Å². The standard InChI is InChI=1S/C24H21N3O4/c1-14(24(29)27-13-23(28)26-17-8-4-5-9-19(17)27)25-18-12-21-16(11-22(18)30-2)15-7-3-6-10-20(15)31-21/h3-12,14,25H,13H2,1-2H3,(H,26,28)/t14-/m0/s1. The van der Waals surface area contributed by atoms with Gasteiger partial charge in [-0.3, -0.25) is 14.5 Å². The zero-order valence-corrected chi connectivity index (χ0v) is 17.1. The number of amides is 2. The van der Waals surface area contributed by atoms with Crippen molar-refractivity contribution in [3.8, 4) is 5.75 Å². The van der Waals surface area contributed by atoms with E-state index in [2.05, 4.69) is 10.6 Å². The quantitative estimate of drug-likeness (QED) is 0.517. The van der Waals surface area contributed by atoms with Crippen molar-refractivity contribution in [2.24, 2.45) is 0 Å². The highest BCUT2D eigenvalue weighted by Gasteiger charge is 2.30. The number of carbonyl (C=O) groups is 2. The summed E-state index contributed by atoms with van der Waals surface area (Å²) in [5, 5.41) is 7.98. The Morgan fingerprint density at radius 2 is 1.87 bits per heavy atom. The summed E-state index contributed by atoms with van der Waals surface area (Å²) >= 11 is 0. The largest absolute Gasteiger partial charge is 0.495 e. The minimum Gasteiger partial charge on any atom is -0.495 e.